The number of rotatable bonds is 37. The van der Waals surface area contributed by atoms with Gasteiger partial charge in [-0.05, 0) is 50.8 Å². The third-order valence-corrected chi connectivity index (χ3v) is 11.1. The number of aliphatic hydroxyl groups is 3. The monoisotopic (exact) mass is 1170 g/mol. The number of carboxylic acids is 5. The second kappa shape index (κ2) is 32.9. The van der Waals surface area contributed by atoms with Gasteiger partial charge in [0.1, 0.15) is 54.1 Å². The molecule has 0 saturated heterocycles. The van der Waals surface area contributed by atoms with Gasteiger partial charge in [0.05, 0.1) is 37.7 Å². The summed E-state index contributed by atoms with van der Waals surface area (Å²) in [6.45, 7) is 0.568. The van der Waals surface area contributed by atoms with E-state index < -0.39 is 230 Å². The number of benzene rings is 1. The molecule has 0 bridgehead atoms. The normalized spacial score (nSPS) is 15.2. The lowest BCUT2D eigenvalue weighted by Crippen LogP contribution is -2.63. The molecule has 1 aromatic carbocycles. The van der Waals surface area contributed by atoms with Crippen molar-refractivity contribution < 1.29 is 125 Å². The number of hydrogen-bond acceptors (Lipinski definition) is 21. The molecule has 0 fully saturated rings. The topological polar surface area (TPSA) is 613 Å². The Bertz CT molecular complexity index is 2570. The van der Waals surface area contributed by atoms with E-state index in [1.54, 1.807) is 0 Å². The third-order valence-electron chi connectivity index (χ3n) is 10.7. The van der Waals surface area contributed by atoms with Gasteiger partial charge in [-0.15, -0.1) is 0 Å². The number of aliphatic carboxylic acids is 5. The predicted molar refractivity (Wildman–Crippen MR) is 261 cm³/mol. The molecule has 9 amide bonds. The number of amides is 9. The Morgan fingerprint density at radius 3 is 1.32 bits per heavy atom. The van der Waals surface area contributed by atoms with Crippen LogP contribution in [0.1, 0.15) is 70.8 Å². The minimum absolute atomic E-state index is 0.0207. The van der Waals surface area contributed by atoms with E-state index in [4.69, 9.17) is 26.2 Å². The van der Waals surface area contributed by atoms with E-state index in [1.165, 1.54) is 0 Å². The van der Waals surface area contributed by atoms with E-state index in [0.717, 1.165) is 38.1 Å². The molecule has 11 atom stereocenters. The number of nitrogens with one attached hydrogen (secondary N) is 8. The fourth-order valence-electron chi connectivity index (χ4n) is 6.64. The summed E-state index contributed by atoms with van der Waals surface area (Å²) >= 11 is 0. The van der Waals surface area contributed by atoms with Crippen molar-refractivity contribution in [1.29, 1.82) is 0 Å². The Morgan fingerprint density at radius 1 is 0.500 bits per heavy atom. The zero-order chi connectivity index (χ0) is 61.4. The largest absolute Gasteiger partial charge is 0.481 e. The first-order valence-corrected chi connectivity index (χ1v) is 24.7. The molecule has 80 heavy (non-hydrogen) atoms. The fourth-order valence-corrected chi connectivity index (χ4v) is 7.00. The fraction of sp³-hybridized carbons (Fsp3) is 0.535. The van der Waals surface area contributed by atoms with Crippen LogP contribution >= 0.6 is 0 Å². The van der Waals surface area contributed by atoms with Crippen molar-refractivity contribution in [2.45, 2.75) is 138 Å². The zero-order valence-electron chi connectivity index (χ0n) is 42.3. The highest BCUT2D eigenvalue weighted by molar-refractivity contribution is 7.81. The molecule has 0 aromatic heterocycles. The van der Waals surface area contributed by atoms with E-state index in [1.807, 2.05) is 31.9 Å². The van der Waals surface area contributed by atoms with E-state index in [-0.39, 0.29) is 5.56 Å². The van der Waals surface area contributed by atoms with E-state index >= 15 is 0 Å². The average Bonchev–Trinajstić information content (AvgIpc) is 3.33. The van der Waals surface area contributed by atoms with Crippen LogP contribution in [-0.2, 0) is 83.9 Å². The number of carbonyl (C=O) groups excluding carboxylic acids is 9. The summed E-state index contributed by atoms with van der Waals surface area (Å²) < 4.78 is 35.9. The number of carboxylic acid groups (broad SMARTS) is 5. The molecule has 0 aliphatic rings. The highest BCUT2D eigenvalue weighted by Gasteiger charge is 2.38. The van der Waals surface area contributed by atoms with Crippen molar-refractivity contribution >= 4 is 93.4 Å². The van der Waals surface area contributed by atoms with Gasteiger partial charge in [-0.2, -0.15) is 8.42 Å². The van der Waals surface area contributed by atoms with Crippen molar-refractivity contribution in [3.8, 4) is 5.75 Å². The summed E-state index contributed by atoms with van der Waals surface area (Å²) in [5.41, 5.74) is 10.9. The molecule has 37 heteroatoms. The smallest absolute Gasteiger partial charge is 0.446 e. The molecule has 21 N–H and O–H groups in total. The number of aliphatic hydroxyl groups excluding tert-OH is 3. The minimum atomic E-state index is -5.06. The molecule has 1 rings (SSSR count). The third kappa shape index (κ3) is 26.1. The molecular formula is C43H62N10O26S. The molecule has 0 radical (unpaired) electrons. The Labute approximate surface area is 452 Å². The first-order valence-electron chi connectivity index (χ1n) is 23.3. The molecule has 0 aliphatic carbocycles. The minimum Gasteiger partial charge on any atom is -0.481 e. The van der Waals surface area contributed by atoms with Gasteiger partial charge in [-0.1, -0.05) is 12.1 Å². The second-order valence-electron chi connectivity index (χ2n) is 17.4. The van der Waals surface area contributed by atoms with Gasteiger partial charge in [0.2, 0.25) is 53.2 Å². The quantitative estimate of drug-likeness (QED) is 0.0275. The molecule has 0 aliphatic heterocycles. The predicted octanol–water partition coefficient (Wildman–Crippen LogP) is -8.60. The molecule has 36 nitrogen and oxygen atoms in total. The Kier molecular flexibility index (Phi) is 28.6. The van der Waals surface area contributed by atoms with E-state index in [0.29, 0.717) is 0 Å². The van der Waals surface area contributed by atoms with Crippen molar-refractivity contribution in [1.82, 2.24) is 42.5 Å². The number of nitrogens with two attached hydrogens (primary N) is 2. The van der Waals surface area contributed by atoms with Crippen molar-refractivity contribution in [2.75, 3.05) is 6.61 Å². The van der Waals surface area contributed by atoms with Gasteiger partial charge >= 0.3 is 40.2 Å². The highest BCUT2D eigenvalue weighted by Crippen LogP contribution is 2.16. The summed E-state index contributed by atoms with van der Waals surface area (Å²) in [7, 11) is -5.06. The van der Waals surface area contributed by atoms with Gasteiger partial charge in [0.25, 0.3) is 0 Å². The van der Waals surface area contributed by atoms with Gasteiger partial charge in [-0.25, -0.2) is 4.79 Å². The number of carbonyl (C=O) groups is 14. The SMILES string of the molecule is C[C@@H](O)[C@H](NC(=O)[C@@H](NC(=O)[C@@H](N)CCC(=O)O)[C@@H](C)O)C(=O)N[C@@H](CC(=O)O)C(=O)N[C@@H](Cc1ccc(OS(=O)(=O)O)cc1)C(=O)N[C@@H](CO)C(=O)N[C@@H](CC(N)=O)C(=O)N[C@@H](CCC(=O)O)C(=O)N[C@@H](CCC(=O)O)C(=O)O. The lowest BCUT2D eigenvalue weighted by Gasteiger charge is -2.28. The zero-order valence-corrected chi connectivity index (χ0v) is 43.1. The molecule has 446 valence electrons. The van der Waals surface area contributed by atoms with Gasteiger partial charge in [-0.3, -0.25) is 66.9 Å². The van der Waals surface area contributed by atoms with Crippen molar-refractivity contribution in [3.63, 3.8) is 0 Å². The Morgan fingerprint density at radius 2 is 0.875 bits per heavy atom. The van der Waals surface area contributed by atoms with Crippen LogP contribution in [-0.4, -0.2) is 210 Å². The standard InChI is InChI=1S/C43H62N10O26S/c1-17(55)33(53-42(73)34(18(2)56)52-35(66)21(44)7-10-29(58)59)41(72)50-26(15-32(64)65)39(70)48-24(13-19-3-5-20(6-4-19)79-80(76,77)78)37(68)51-27(16-54)40(71)49-25(14-28(45)57)38(69)46-22(8-11-30(60)61)36(67)47-23(43(74)75)9-12-31(62)63/h3-6,17-18,21-27,33-34,54-56H,7-16,44H2,1-2H3,(H2,45,57)(H,46,69)(H,47,67)(H,48,70)(H,49,71)(H,50,72)(H,51,68)(H,52,66)(H,53,73)(H,58,59)(H,60,61)(H,62,63)(H,64,65)(H,74,75)(H,76,77,78)/t17-,18-,21+,22+,23+,24+,25+,26+,27+,33+,34+/m1/s1. The Hall–Kier alpha value is -8.65. The van der Waals surface area contributed by atoms with Gasteiger partial charge in [0, 0.05) is 25.7 Å². The summed E-state index contributed by atoms with van der Waals surface area (Å²) in [6.07, 6.45) is -10.8. The molecule has 0 saturated carbocycles. The molecule has 0 unspecified atom stereocenters. The first-order chi connectivity index (χ1) is 37.0. The summed E-state index contributed by atoms with van der Waals surface area (Å²) in [5, 5.41) is 93.4. The number of hydrogen-bond donors (Lipinski definition) is 19. The van der Waals surface area contributed by atoms with Crippen LogP contribution < -0.4 is 58.2 Å². The molecule has 0 heterocycles. The second-order valence-corrected chi connectivity index (χ2v) is 18.4. The van der Waals surface area contributed by atoms with Crippen LogP contribution in [0.4, 0.5) is 0 Å². The highest BCUT2D eigenvalue weighted by atomic mass is 32.3. The van der Waals surface area contributed by atoms with Gasteiger partial charge < -0.3 is 99.0 Å². The van der Waals surface area contributed by atoms with Crippen LogP contribution in [0.25, 0.3) is 0 Å². The number of primary amides is 1. The van der Waals surface area contributed by atoms with Crippen LogP contribution in [0.2, 0.25) is 0 Å². The average molecular weight is 1170 g/mol. The Balaban J connectivity index is 3.64. The first kappa shape index (κ1) is 69.4. The van der Waals surface area contributed by atoms with Gasteiger partial charge in [0.15, 0.2) is 0 Å². The van der Waals surface area contributed by atoms with E-state index in [2.05, 4.69) is 14.8 Å². The maximum Gasteiger partial charge on any atom is 0.446 e. The molecule has 1 aromatic rings. The van der Waals surface area contributed by atoms with E-state index in [9.17, 15) is 106 Å². The lowest BCUT2D eigenvalue weighted by molar-refractivity contribution is -0.144. The summed E-state index contributed by atoms with van der Waals surface area (Å²) in [4.78, 5) is 177. The van der Waals surface area contributed by atoms with Crippen LogP contribution in [0.3, 0.4) is 0 Å². The summed E-state index contributed by atoms with van der Waals surface area (Å²) in [5.74, 6) is -21.0. The van der Waals surface area contributed by atoms with Crippen molar-refractivity contribution in [2.24, 2.45) is 11.5 Å². The maximum absolute atomic E-state index is 14.0. The van der Waals surface area contributed by atoms with Crippen LogP contribution in [0.15, 0.2) is 24.3 Å². The summed E-state index contributed by atoms with van der Waals surface area (Å²) in [6, 6.07) is -14.0. The van der Waals surface area contributed by atoms with Crippen LogP contribution in [0.5, 0.6) is 5.75 Å². The van der Waals surface area contributed by atoms with Crippen molar-refractivity contribution in [3.05, 3.63) is 29.8 Å². The molecule has 0 spiro atoms. The van der Waals surface area contributed by atoms with Crippen LogP contribution in [0, 0.1) is 0 Å². The molecular weight excluding hydrogens is 1100 g/mol. The maximum atomic E-state index is 14.0. The lowest BCUT2D eigenvalue weighted by atomic mass is 10.0.